The fourth-order valence-electron chi connectivity index (χ4n) is 7.25. The van der Waals surface area contributed by atoms with Gasteiger partial charge in [-0.15, -0.1) is 71.8 Å². The molecule has 0 fully saturated rings. The first kappa shape index (κ1) is 37.9. The molecule has 8 aromatic carbocycles. The summed E-state index contributed by atoms with van der Waals surface area (Å²) in [7, 11) is 0. The Hall–Kier alpha value is -6.97. The molecule has 10 rings (SSSR count). The third-order valence-electron chi connectivity index (χ3n) is 9.97. The first-order valence-electron chi connectivity index (χ1n) is 19.1. The zero-order chi connectivity index (χ0) is 38.2. The maximum absolute atomic E-state index is 5.33. The van der Waals surface area contributed by atoms with E-state index in [1.165, 1.54) is 16.7 Å². The monoisotopic (exact) mass is 920 g/mol. The standard InChI is InChI=1S/C43H29N2.C11H8N.Ir/c1-6-16-31(17-7-1)36-26-27-41-40(30-36)44-43(35-24-14-5-15-25-35)45(41)42-38(33-20-10-3-11-21-33)28-37(32-18-8-2-9-19-32)29-39(42)34-22-12-4-13-23-34;1-2-6-10(7-3-1)11-8-4-5-9-12-11;/h1-24,26-30H;1-6,8-9H;/q2*-1;. The second-order valence-corrected chi connectivity index (χ2v) is 13.6. The zero-order valence-corrected chi connectivity index (χ0v) is 33.9. The van der Waals surface area contributed by atoms with E-state index in [1.807, 2.05) is 54.6 Å². The van der Waals surface area contributed by atoms with E-state index in [2.05, 4.69) is 185 Å². The Balaban J connectivity index is 0.000000309. The van der Waals surface area contributed by atoms with Crippen molar-refractivity contribution in [3.8, 4) is 72.8 Å². The summed E-state index contributed by atoms with van der Waals surface area (Å²) in [5.41, 5.74) is 15.3. The normalized spacial score (nSPS) is 10.6. The number of nitrogens with zero attached hydrogens (tertiary/aromatic N) is 3. The van der Waals surface area contributed by atoms with E-state index in [4.69, 9.17) is 4.98 Å². The largest absolute Gasteiger partial charge is 0.332 e. The molecule has 58 heavy (non-hydrogen) atoms. The van der Waals surface area contributed by atoms with Gasteiger partial charge in [-0.05, 0) is 69.4 Å². The molecule has 0 aliphatic heterocycles. The van der Waals surface area contributed by atoms with Gasteiger partial charge in [0.25, 0.3) is 0 Å². The second kappa shape index (κ2) is 17.9. The molecule has 279 valence electrons. The summed E-state index contributed by atoms with van der Waals surface area (Å²) in [6.07, 6.45) is 1.79. The van der Waals surface area contributed by atoms with Crippen LogP contribution in [0.25, 0.3) is 83.9 Å². The van der Waals surface area contributed by atoms with Crippen LogP contribution in [-0.2, 0) is 20.1 Å². The van der Waals surface area contributed by atoms with Crippen LogP contribution in [0.4, 0.5) is 0 Å². The van der Waals surface area contributed by atoms with Crippen molar-refractivity contribution >= 4 is 11.0 Å². The Morgan fingerprint density at radius 2 is 0.897 bits per heavy atom. The minimum absolute atomic E-state index is 0. The maximum atomic E-state index is 5.33. The van der Waals surface area contributed by atoms with Crippen LogP contribution in [0.1, 0.15) is 0 Å². The average molecular weight is 920 g/mol. The van der Waals surface area contributed by atoms with Gasteiger partial charge in [0.05, 0.1) is 22.5 Å². The van der Waals surface area contributed by atoms with Gasteiger partial charge in [0.2, 0.25) is 0 Å². The van der Waals surface area contributed by atoms with E-state index in [1.54, 1.807) is 6.20 Å². The molecule has 0 unspecified atom stereocenters. The number of hydrogen-bond acceptors (Lipinski definition) is 2. The molecule has 0 saturated heterocycles. The smallest absolute Gasteiger partial charge is 0.0780 e. The van der Waals surface area contributed by atoms with Crippen molar-refractivity contribution in [2.75, 3.05) is 0 Å². The summed E-state index contributed by atoms with van der Waals surface area (Å²) in [6, 6.07) is 82.2. The third kappa shape index (κ3) is 8.12. The molecular formula is C54H37IrN3-2. The minimum Gasteiger partial charge on any atom is -0.332 e. The van der Waals surface area contributed by atoms with Gasteiger partial charge in [-0.1, -0.05) is 140 Å². The molecule has 0 atom stereocenters. The van der Waals surface area contributed by atoms with E-state index < -0.39 is 0 Å². The van der Waals surface area contributed by atoms with Crippen LogP contribution in [0.3, 0.4) is 0 Å². The van der Waals surface area contributed by atoms with E-state index >= 15 is 0 Å². The molecule has 0 spiro atoms. The van der Waals surface area contributed by atoms with Gasteiger partial charge < -0.3 is 9.55 Å². The summed E-state index contributed by atoms with van der Waals surface area (Å²) in [5.74, 6) is 0.859. The van der Waals surface area contributed by atoms with Crippen LogP contribution in [0.2, 0.25) is 0 Å². The van der Waals surface area contributed by atoms with Crippen molar-refractivity contribution in [1.82, 2.24) is 14.5 Å². The van der Waals surface area contributed by atoms with Gasteiger partial charge in [0, 0.05) is 37.4 Å². The minimum atomic E-state index is 0. The summed E-state index contributed by atoms with van der Waals surface area (Å²) in [6.45, 7) is 0. The zero-order valence-electron chi connectivity index (χ0n) is 31.5. The number of rotatable bonds is 7. The summed E-state index contributed by atoms with van der Waals surface area (Å²) < 4.78 is 2.34. The van der Waals surface area contributed by atoms with Crippen LogP contribution in [-0.4, -0.2) is 14.5 Å². The van der Waals surface area contributed by atoms with Crippen molar-refractivity contribution in [2.24, 2.45) is 0 Å². The van der Waals surface area contributed by atoms with Gasteiger partial charge in [-0.2, -0.15) is 0 Å². The molecular weight excluding hydrogens is 883 g/mol. The number of imidazole rings is 1. The molecule has 0 aliphatic carbocycles. The van der Waals surface area contributed by atoms with Crippen molar-refractivity contribution in [3.05, 3.63) is 237 Å². The number of aromatic nitrogens is 3. The van der Waals surface area contributed by atoms with Crippen molar-refractivity contribution < 1.29 is 20.1 Å². The molecule has 0 N–H and O–H groups in total. The average Bonchev–Trinajstić information content (AvgIpc) is 3.69. The second-order valence-electron chi connectivity index (χ2n) is 13.6. The first-order chi connectivity index (χ1) is 28.3. The van der Waals surface area contributed by atoms with Crippen LogP contribution < -0.4 is 0 Å². The Labute approximate surface area is 353 Å². The number of pyridine rings is 1. The van der Waals surface area contributed by atoms with Gasteiger partial charge in [-0.3, -0.25) is 4.98 Å². The van der Waals surface area contributed by atoms with Crippen molar-refractivity contribution in [3.63, 3.8) is 0 Å². The van der Waals surface area contributed by atoms with Crippen LogP contribution in [0.15, 0.2) is 225 Å². The quantitative estimate of drug-likeness (QED) is 0.149. The molecule has 4 heteroatoms. The molecule has 3 nitrogen and oxygen atoms in total. The molecule has 2 aromatic heterocycles. The first-order valence-corrected chi connectivity index (χ1v) is 19.1. The SMILES string of the molecule is [Ir].[c-]1ccccc1-c1ccccn1.[c-]1ccccc1-c1nc2cc(-c3ccccc3)ccc2n1-c1c(-c2ccccc2)cc(-c2ccccc2)cc1-c1ccccc1. The van der Waals surface area contributed by atoms with Crippen molar-refractivity contribution in [2.45, 2.75) is 0 Å². The Bertz CT molecular complexity index is 2750. The molecule has 0 amide bonds. The summed E-state index contributed by atoms with van der Waals surface area (Å²) in [4.78, 5) is 9.55. The Morgan fingerprint density at radius 3 is 1.41 bits per heavy atom. The van der Waals surface area contributed by atoms with Crippen LogP contribution in [0.5, 0.6) is 0 Å². The van der Waals surface area contributed by atoms with Crippen molar-refractivity contribution in [1.29, 1.82) is 0 Å². The van der Waals surface area contributed by atoms with Crippen LogP contribution in [0, 0.1) is 12.1 Å². The van der Waals surface area contributed by atoms with Gasteiger partial charge >= 0.3 is 0 Å². The van der Waals surface area contributed by atoms with Crippen LogP contribution >= 0.6 is 0 Å². The van der Waals surface area contributed by atoms with E-state index in [9.17, 15) is 0 Å². The summed E-state index contributed by atoms with van der Waals surface area (Å²) >= 11 is 0. The third-order valence-corrected chi connectivity index (χ3v) is 9.97. The molecule has 2 heterocycles. The number of fused-ring (bicyclic) bond motifs is 1. The molecule has 0 saturated carbocycles. The number of benzene rings is 8. The van der Waals surface area contributed by atoms with Gasteiger partial charge in [0.15, 0.2) is 0 Å². The van der Waals surface area contributed by atoms with E-state index in [0.717, 1.165) is 67.2 Å². The maximum Gasteiger partial charge on any atom is 0.0780 e. The Morgan fingerprint density at radius 1 is 0.397 bits per heavy atom. The molecule has 10 aromatic rings. The Kier molecular flexibility index (Phi) is 11.7. The molecule has 1 radical (unpaired) electrons. The summed E-state index contributed by atoms with van der Waals surface area (Å²) in [5, 5.41) is 0. The fraction of sp³-hybridized carbons (Fsp3) is 0. The number of hydrogen-bond donors (Lipinski definition) is 0. The van der Waals surface area contributed by atoms with E-state index in [-0.39, 0.29) is 20.1 Å². The topological polar surface area (TPSA) is 30.7 Å². The van der Waals surface area contributed by atoms with Gasteiger partial charge in [0.1, 0.15) is 0 Å². The van der Waals surface area contributed by atoms with Gasteiger partial charge in [-0.25, -0.2) is 0 Å². The predicted octanol–water partition coefficient (Wildman–Crippen LogP) is 13.7. The molecule has 0 aliphatic rings. The molecule has 0 bridgehead atoms. The predicted molar refractivity (Wildman–Crippen MR) is 236 cm³/mol. The van der Waals surface area contributed by atoms with E-state index in [0.29, 0.717) is 0 Å². The fourth-order valence-corrected chi connectivity index (χ4v) is 7.25.